The second kappa shape index (κ2) is 7.44. The van der Waals surface area contributed by atoms with Crippen molar-refractivity contribution in [2.75, 3.05) is 20.3 Å². The molecule has 1 heterocycles. The molecule has 0 unspecified atom stereocenters. The van der Waals surface area contributed by atoms with Crippen LogP contribution in [-0.2, 0) is 14.3 Å². The Morgan fingerprint density at radius 2 is 2.10 bits per heavy atom. The molecule has 0 aliphatic rings. The Hall–Kier alpha value is -2.15. The Morgan fingerprint density at radius 1 is 1.40 bits per heavy atom. The number of hydrogen-bond donors (Lipinski definition) is 2. The molecule has 0 aromatic carbocycles. The van der Waals surface area contributed by atoms with Gasteiger partial charge in [-0.05, 0) is 19.9 Å². The number of hydrogen-bond acceptors (Lipinski definition) is 5. The molecule has 0 saturated heterocycles. The fourth-order valence-electron chi connectivity index (χ4n) is 1.41. The monoisotopic (exact) mass is 282 g/mol. The summed E-state index contributed by atoms with van der Waals surface area (Å²) >= 11 is 0. The number of carbonyl (C=O) groups excluding carboxylic acids is 3. The molecule has 1 amide bonds. The van der Waals surface area contributed by atoms with Gasteiger partial charge in [0.15, 0.2) is 11.9 Å². The molecule has 0 bridgehead atoms. The summed E-state index contributed by atoms with van der Waals surface area (Å²) in [6.45, 7) is 3.58. The molecule has 7 heteroatoms. The van der Waals surface area contributed by atoms with Gasteiger partial charge in [0.1, 0.15) is 5.69 Å². The molecule has 0 aliphatic heterocycles. The SMILES string of the molecule is COCCNC(=O)[C@H](C)OC(=O)c1cc(C(C)=O)c[nH]1. The van der Waals surface area contributed by atoms with Gasteiger partial charge in [-0.15, -0.1) is 0 Å². The Balaban J connectivity index is 2.51. The predicted molar refractivity (Wildman–Crippen MR) is 70.6 cm³/mol. The van der Waals surface area contributed by atoms with Gasteiger partial charge < -0.3 is 19.8 Å². The third-order valence-corrected chi connectivity index (χ3v) is 2.57. The highest BCUT2D eigenvalue weighted by Gasteiger charge is 2.20. The zero-order valence-electron chi connectivity index (χ0n) is 11.7. The molecule has 0 saturated carbocycles. The lowest BCUT2D eigenvalue weighted by Gasteiger charge is -2.12. The Labute approximate surface area is 116 Å². The number of aromatic nitrogens is 1. The Bertz CT molecular complexity index is 495. The molecule has 0 fully saturated rings. The molecule has 110 valence electrons. The smallest absolute Gasteiger partial charge is 0.355 e. The van der Waals surface area contributed by atoms with Gasteiger partial charge in [0.25, 0.3) is 5.91 Å². The molecule has 7 nitrogen and oxygen atoms in total. The van der Waals surface area contributed by atoms with E-state index in [1.165, 1.54) is 33.2 Å². The van der Waals surface area contributed by atoms with Crippen LogP contribution < -0.4 is 5.32 Å². The van der Waals surface area contributed by atoms with Crippen molar-refractivity contribution < 1.29 is 23.9 Å². The standard InChI is InChI=1S/C13H18N2O5/c1-8(16)10-6-11(15-7-10)13(18)20-9(2)12(17)14-4-5-19-3/h6-7,9,15H,4-5H2,1-3H3,(H,14,17)/t9-/m0/s1. The topological polar surface area (TPSA) is 97.5 Å². The molecule has 1 rings (SSSR count). The first-order chi connectivity index (χ1) is 9.45. The summed E-state index contributed by atoms with van der Waals surface area (Å²) in [4.78, 5) is 37.1. The maximum Gasteiger partial charge on any atom is 0.355 e. The van der Waals surface area contributed by atoms with Crippen molar-refractivity contribution >= 4 is 17.7 Å². The first kappa shape index (κ1) is 15.9. The van der Waals surface area contributed by atoms with Crippen LogP contribution in [0.5, 0.6) is 0 Å². The number of H-pyrrole nitrogens is 1. The van der Waals surface area contributed by atoms with Crippen molar-refractivity contribution in [3.63, 3.8) is 0 Å². The van der Waals surface area contributed by atoms with Gasteiger partial charge in [-0.3, -0.25) is 9.59 Å². The molecule has 2 N–H and O–H groups in total. The van der Waals surface area contributed by atoms with Crippen LogP contribution in [0.1, 0.15) is 34.7 Å². The first-order valence-electron chi connectivity index (χ1n) is 6.12. The van der Waals surface area contributed by atoms with E-state index in [9.17, 15) is 14.4 Å². The summed E-state index contributed by atoms with van der Waals surface area (Å²) in [6.07, 6.45) is 0.492. The molecule has 1 aromatic heterocycles. The fraction of sp³-hybridized carbons (Fsp3) is 0.462. The molecule has 1 atom stereocenters. The van der Waals surface area contributed by atoms with E-state index in [1.807, 2.05) is 0 Å². The number of ether oxygens (including phenoxy) is 2. The minimum Gasteiger partial charge on any atom is -0.448 e. The van der Waals surface area contributed by atoms with Crippen LogP contribution in [0, 0.1) is 0 Å². The van der Waals surface area contributed by atoms with Gasteiger partial charge in [0.05, 0.1) is 6.61 Å². The summed E-state index contributed by atoms with van der Waals surface area (Å²) in [7, 11) is 1.52. The third kappa shape index (κ3) is 4.51. The lowest BCUT2D eigenvalue weighted by Crippen LogP contribution is -2.37. The average molecular weight is 282 g/mol. The summed E-state index contributed by atoms with van der Waals surface area (Å²) in [5, 5.41) is 2.56. The molecular formula is C13H18N2O5. The van der Waals surface area contributed by atoms with E-state index in [4.69, 9.17) is 9.47 Å². The van der Waals surface area contributed by atoms with Crippen LogP contribution in [-0.4, -0.2) is 49.0 Å². The van der Waals surface area contributed by atoms with Crippen LogP contribution >= 0.6 is 0 Å². The van der Waals surface area contributed by atoms with E-state index in [-0.39, 0.29) is 11.5 Å². The molecule has 1 aromatic rings. The Kier molecular flexibility index (Phi) is 5.92. The van der Waals surface area contributed by atoms with Crippen LogP contribution in [0.4, 0.5) is 0 Å². The van der Waals surface area contributed by atoms with E-state index in [0.717, 1.165) is 0 Å². The maximum atomic E-state index is 11.8. The van der Waals surface area contributed by atoms with E-state index in [0.29, 0.717) is 18.7 Å². The number of Topliss-reactive ketones (excluding diaryl/α,β-unsaturated/α-hetero) is 1. The summed E-state index contributed by atoms with van der Waals surface area (Å²) in [5.74, 6) is -1.26. The van der Waals surface area contributed by atoms with Crippen molar-refractivity contribution in [1.82, 2.24) is 10.3 Å². The van der Waals surface area contributed by atoms with Crippen molar-refractivity contribution in [3.05, 3.63) is 23.5 Å². The normalized spacial score (nSPS) is 11.8. The van der Waals surface area contributed by atoms with Crippen LogP contribution in [0.3, 0.4) is 0 Å². The van der Waals surface area contributed by atoms with Gasteiger partial charge in [-0.25, -0.2) is 4.79 Å². The van der Waals surface area contributed by atoms with Gasteiger partial charge in [-0.2, -0.15) is 0 Å². The highest BCUT2D eigenvalue weighted by Crippen LogP contribution is 2.07. The number of ketones is 1. The number of nitrogens with one attached hydrogen (secondary N) is 2. The third-order valence-electron chi connectivity index (χ3n) is 2.57. The zero-order chi connectivity index (χ0) is 15.1. The second-order valence-corrected chi connectivity index (χ2v) is 4.19. The fourth-order valence-corrected chi connectivity index (χ4v) is 1.41. The van der Waals surface area contributed by atoms with E-state index in [1.54, 1.807) is 0 Å². The van der Waals surface area contributed by atoms with E-state index in [2.05, 4.69) is 10.3 Å². The van der Waals surface area contributed by atoms with Crippen LogP contribution in [0.2, 0.25) is 0 Å². The van der Waals surface area contributed by atoms with Gasteiger partial charge in [-0.1, -0.05) is 0 Å². The number of methoxy groups -OCH3 is 1. The quantitative estimate of drug-likeness (QED) is 0.432. The zero-order valence-corrected chi connectivity index (χ0v) is 11.7. The highest BCUT2D eigenvalue weighted by molar-refractivity contribution is 5.98. The highest BCUT2D eigenvalue weighted by atomic mass is 16.5. The molecule has 0 aliphatic carbocycles. The molecule has 20 heavy (non-hydrogen) atoms. The van der Waals surface area contributed by atoms with E-state index < -0.39 is 18.0 Å². The number of esters is 1. The number of aromatic amines is 1. The van der Waals surface area contributed by atoms with E-state index >= 15 is 0 Å². The van der Waals surface area contributed by atoms with Crippen molar-refractivity contribution in [2.24, 2.45) is 0 Å². The number of amides is 1. The largest absolute Gasteiger partial charge is 0.448 e. The van der Waals surface area contributed by atoms with Crippen molar-refractivity contribution in [3.8, 4) is 0 Å². The van der Waals surface area contributed by atoms with Crippen molar-refractivity contribution in [1.29, 1.82) is 0 Å². The second-order valence-electron chi connectivity index (χ2n) is 4.19. The van der Waals surface area contributed by atoms with Crippen LogP contribution in [0.15, 0.2) is 12.3 Å². The minimum absolute atomic E-state index is 0.131. The lowest BCUT2D eigenvalue weighted by molar-refractivity contribution is -0.129. The first-order valence-corrected chi connectivity index (χ1v) is 6.12. The summed E-state index contributed by atoms with van der Waals surface area (Å²) in [5.41, 5.74) is 0.515. The summed E-state index contributed by atoms with van der Waals surface area (Å²) in [6, 6.07) is 1.39. The van der Waals surface area contributed by atoms with Crippen molar-refractivity contribution in [2.45, 2.75) is 20.0 Å². The molecular weight excluding hydrogens is 264 g/mol. The lowest BCUT2D eigenvalue weighted by atomic mass is 10.2. The van der Waals surface area contributed by atoms with Gasteiger partial charge >= 0.3 is 5.97 Å². The van der Waals surface area contributed by atoms with Gasteiger partial charge in [0, 0.05) is 25.4 Å². The molecule has 0 spiro atoms. The van der Waals surface area contributed by atoms with Gasteiger partial charge in [0.2, 0.25) is 0 Å². The van der Waals surface area contributed by atoms with Crippen LogP contribution in [0.25, 0.3) is 0 Å². The molecule has 0 radical (unpaired) electrons. The Morgan fingerprint density at radius 3 is 2.65 bits per heavy atom. The average Bonchev–Trinajstić information content (AvgIpc) is 2.88. The number of carbonyl (C=O) groups is 3. The number of rotatable bonds is 7. The maximum absolute atomic E-state index is 11.8. The minimum atomic E-state index is -0.927. The predicted octanol–water partition coefficient (Wildman–Crippen LogP) is 0.525. The summed E-state index contributed by atoms with van der Waals surface area (Å²) < 4.78 is 9.78.